The number of hydrogen-bond donors (Lipinski definition) is 0. The van der Waals surface area contributed by atoms with Gasteiger partial charge in [0.25, 0.3) is 0 Å². The van der Waals surface area contributed by atoms with Crippen molar-refractivity contribution in [1.82, 2.24) is 19.4 Å². The number of rotatable bonds is 5. The molecule has 1 saturated carbocycles. The van der Waals surface area contributed by atoms with E-state index >= 15 is 0 Å². The Labute approximate surface area is 146 Å². The Morgan fingerprint density at radius 3 is 2.75 bits per heavy atom. The number of hydrogen-bond acceptors (Lipinski definition) is 3. The molecule has 1 amide bonds. The summed E-state index contributed by atoms with van der Waals surface area (Å²) in [7, 11) is 4.20. The third-order valence-electron chi connectivity index (χ3n) is 5.59. The number of piperidine rings is 1. The molecule has 1 aromatic heterocycles. The second-order valence-corrected chi connectivity index (χ2v) is 7.74. The number of nitrogens with zero attached hydrogens (tertiary/aromatic N) is 4. The molecule has 0 spiro atoms. The molecular weight excluding hydrogens is 300 g/mol. The first kappa shape index (κ1) is 17.5. The van der Waals surface area contributed by atoms with Crippen LogP contribution < -0.4 is 0 Å². The van der Waals surface area contributed by atoms with Crippen LogP contribution in [0.4, 0.5) is 0 Å². The van der Waals surface area contributed by atoms with Gasteiger partial charge < -0.3 is 14.4 Å². The Morgan fingerprint density at radius 1 is 1.21 bits per heavy atom. The van der Waals surface area contributed by atoms with E-state index in [9.17, 15) is 4.79 Å². The molecule has 1 saturated heterocycles. The lowest BCUT2D eigenvalue weighted by Gasteiger charge is -2.36. The van der Waals surface area contributed by atoms with Crippen molar-refractivity contribution in [1.29, 1.82) is 0 Å². The van der Waals surface area contributed by atoms with Crippen LogP contribution in [0.3, 0.4) is 0 Å². The Balaban J connectivity index is 1.63. The third kappa shape index (κ3) is 4.18. The van der Waals surface area contributed by atoms with Crippen LogP contribution in [-0.2, 0) is 11.3 Å². The van der Waals surface area contributed by atoms with Gasteiger partial charge in [-0.15, -0.1) is 0 Å². The number of likely N-dealkylation sites (tertiary alicyclic amines) is 1. The predicted octanol–water partition coefficient (Wildman–Crippen LogP) is 2.73. The molecule has 1 atom stereocenters. The Hall–Kier alpha value is -1.36. The van der Waals surface area contributed by atoms with Gasteiger partial charge in [-0.05, 0) is 39.8 Å². The van der Waals surface area contributed by atoms with Gasteiger partial charge in [0.1, 0.15) is 5.82 Å². The molecule has 5 heteroatoms. The summed E-state index contributed by atoms with van der Waals surface area (Å²) >= 11 is 0. The molecule has 0 bridgehead atoms. The summed E-state index contributed by atoms with van der Waals surface area (Å²) in [6.45, 7) is 3.77. The number of imidazole rings is 1. The van der Waals surface area contributed by atoms with Crippen molar-refractivity contribution in [3.8, 4) is 0 Å². The summed E-state index contributed by atoms with van der Waals surface area (Å²) in [4.78, 5) is 21.8. The molecule has 3 rings (SSSR count). The summed E-state index contributed by atoms with van der Waals surface area (Å²) < 4.78 is 2.28. The van der Waals surface area contributed by atoms with Crippen LogP contribution in [0.15, 0.2) is 12.4 Å². The second-order valence-electron chi connectivity index (χ2n) is 7.74. The van der Waals surface area contributed by atoms with Crippen LogP contribution in [0, 0.1) is 5.92 Å². The fraction of sp³-hybridized carbons (Fsp3) is 0.789. The fourth-order valence-corrected chi connectivity index (χ4v) is 4.17. The molecular formula is C19H32N4O. The minimum atomic E-state index is 0.283. The van der Waals surface area contributed by atoms with Crippen molar-refractivity contribution >= 4 is 5.91 Å². The average Bonchev–Trinajstić information content (AvgIpc) is 3.09. The highest BCUT2D eigenvalue weighted by Gasteiger charge is 2.31. The zero-order chi connectivity index (χ0) is 16.9. The lowest BCUT2D eigenvalue weighted by Crippen LogP contribution is -2.43. The quantitative estimate of drug-likeness (QED) is 0.832. The van der Waals surface area contributed by atoms with Crippen LogP contribution in [0.5, 0.6) is 0 Å². The normalized spacial score (nSPS) is 23.0. The van der Waals surface area contributed by atoms with Crippen LogP contribution in [-0.4, -0.2) is 59.0 Å². The number of carbonyl (C=O) groups excluding carboxylic acids is 1. The predicted molar refractivity (Wildman–Crippen MR) is 95.9 cm³/mol. The maximum Gasteiger partial charge on any atom is 0.225 e. The first-order valence-electron chi connectivity index (χ1n) is 9.59. The van der Waals surface area contributed by atoms with Gasteiger partial charge in [-0.2, -0.15) is 0 Å². The summed E-state index contributed by atoms with van der Waals surface area (Å²) in [5, 5.41) is 0. The van der Waals surface area contributed by atoms with E-state index < -0.39 is 0 Å². The number of likely N-dealkylation sites (N-methyl/N-ethyl adjacent to an activating group) is 1. The van der Waals surface area contributed by atoms with Crippen molar-refractivity contribution in [2.45, 2.75) is 57.4 Å². The molecule has 1 unspecified atom stereocenters. The van der Waals surface area contributed by atoms with Crippen molar-refractivity contribution in [2.24, 2.45) is 5.92 Å². The number of carbonyl (C=O) groups is 1. The first-order chi connectivity index (χ1) is 11.6. The SMILES string of the molecule is CN(C)CCn1ccnc1C1CCCN(C(=O)C2CCCCC2)C1. The van der Waals surface area contributed by atoms with Gasteiger partial charge in [-0.3, -0.25) is 4.79 Å². The molecule has 24 heavy (non-hydrogen) atoms. The summed E-state index contributed by atoms with van der Waals surface area (Å²) in [6, 6.07) is 0. The molecule has 0 radical (unpaired) electrons. The topological polar surface area (TPSA) is 41.4 Å². The molecule has 0 aromatic carbocycles. The van der Waals surface area contributed by atoms with Gasteiger partial charge >= 0.3 is 0 Å². The van der Waals surface area contributed by atoms with Gasteiger partial charge in [0.2, 0.25) is 5.91 Å². The largest absolute Gasteiger partial charge is 0.342 e. The van der Waals surface area contributed by atoms with Gasteiger partial charge in [0.15, 0.2) is 0 Å². The van der Waals surface area contributed by atoms with Crippen molar-refractivity contribution < 1.29 is 4.79 Å². The van der Waals surface area contributed by atoms with Gasteiger partial charge in [-0.25, -0.2) is 4.98 Å². The van der Waals surface area contributed by atoms with E-state index in [0.29, 0.717) is 11.8 Å². The number of amides is 1. The zero-order valence-electron chi connectivity index (χ0n) is 15.3. The van der Waals surface area contributed by atoms with Crippen molar-refractivity contribution in [3.63, 3.8) is 0 Å². The highest BCUT2D eigenvalue weighted by Crippen LogP contribution is 2.30. The molecule has 2 fully saturated rings. The maximum atomic E-state index is 12.9. The zero-order valence-corrected chi connectivity index (χ0v) is 15.3. The van der Waals surface area contributed by atoms with Crippen molar-refractivity contribution in [2.75, 3.05) is 33.7 Å². The Morgan fingerprint density at radius 2 is 2.00 bits per heavy atom. The van der Waals surface area contributed by atoms with Crippen LogP contribution >= 0.6 is 0 Å². The number of aromatic nitrogens is 2. The van der Waals surface area contributed by atoms with E-state index in [0.717, 1.165) is 57.7 Å². The molecule has 2 heterocycles. The van der Waals surface area contributed by atoms with Gasteiger partial charge in [0.05, 0.1) is 0 Å². The highest BCUT2D eigenvalue weighted by atomic mass is 16.2. The van der Waals surface area contributed by atoms with Gasteiger partial charge in [-0.1, -0.05) is 19.3 Å². The van der Waals surface area contributed by atoms with E-state index in [1.54, 1.807) is 0 Å². The maximum absolute atomic E-state index is 12.9. The van der Waals surface area contributed by atoms with Crippen molar-refractivity contribution in [3.05, 3.63) is 18.2 Å². The highest BCUT2D eigenvalue weighted by molar-refractivity contribution is 5.79. The van der Waals surface area contributed by atoms with Crippen LogP contribution in [0.1, 0.15) is 56.7 Å². The van der Waals surface area contributed by atoms with Crippen LogP contribution in [0.25, 0.3) is 0 Å². The van der Waals surface area contributed by atoms with E-state index in [4.69, 9.17) is 0 Å². The smallest absolute Gasteiger partial charge is 0.225 e. The minimum absolute atomic E-state index is 0.283. The monoisotopic (exact) mass is 332 g/mol. The Bertz CT molecular complexity index is 533. The second kappa shape index (κ2) is 8.15. The molecule has 0 N–H and O–H groups in total. The summed E-state index contributed by atoms with van der Waals surface area (Å²) in [6.07, 6.45) is 12.2. The first-order valence-corrected chi connectivity index (χ1v) is 9.59. The molecule has 1 aromatic rings. The van der Waals surface area contributed by atoms with E-state index in [1.165, 1.54) is 19.3 Å². The molecule has 1 aliphatic heterocycles. The Kier molecular flexibility index (Phi) is 5.93. The molecule has 5 nitrogen and oxygen atoms in total. The third-order valence-corrected chi connectivity index (χ3v) is 5.59. The van der Waals surface area contributed by atoms with Crippen LogP contribution in [0.2, 0.25) is 0 Å². The lowest BCUT2D eigenvalue weighted by molar-refractivity contribution is -0.137. The minimum Gasteiger partial charge on any atom is -0.342 e. The lowest BCUT2D eigenvalue weighted by atomic mass is 9.87. The molecule has 1 aliphatic carbocycles. The van der Waals surface area contributed by atoms with E-state index in [2.05, 4.69) is 39.6 Å². The molecule has 134 valence electrons. The fourth-order valence-electron chi connectivity index (χ4n) is 4.17. The molecule has 2 aliphatic rings. The summed E-state index contributed by atoms with van der Waals surface area (Å²) in [5.74, 6) is 2.25. The van der Waals surface area contributed by atoms with Gasteiger partial charge in [0, 0.05) is 50.4 Å². The van der Waals surface area contributed by atoms with E-state index in [-0.39, 0.29) is 5.92 Å². The standard InChI is InChI=1S/C19H32N4O/c1-21(2)13-14-22-12-10-20-18(22)17-9-6-11-23(15-17)19(24)16-7-4-3-5-8-16/h10,12,16-17H,3-9,11,13-15H2,1-2H3. The summed E-state index contributed by atoms with van der Waals surface area (Å²) in [5.41, 5.74) is 0. The average molecular weight is 332 g/mol. The van der Waals surface area contributed by atoms with E-state index in [1.807, 2.05) is 6.20 Å².